The third kappa shape index (κ3) is 1.91. The Bertz CT molecular complexity index is 836. The van der Waals surface area contributed by atoms with E-state index < -0.39 is 0 Å². The third-order valence-electron chi connectivity index (χ3n) is 5.52. The maximum Gasteiger partial charge on any atom is 0.136 e. The highest BCUT2D eigenvalue weighted by atomic mass is 16.5. The Morgan fingerprint density at radius 3 is 1.77 bits per heavy atom. The predicted molar refractivity (Wildman–Crippen MR) is 96.1 cm³/mol. The quantitative estimate of drug-likeness (QED) is 0.590. The first kappa shape index (κ1) is 15.1. The fourth-order valence-electron chi connectivity index (χ4n) is 3.65. The molecule has 2 aromatic rings. The maximum absolute atomic E-state index is 6.41. The maximum atomic E-state index is 6.41. The average Bonchev–Trinajstić information content (AvgIpc) is 2.45. The molecule has 0 atom stereocenters. The number of ether oxygens (including phenoxy) is 1. The molecule has 3 rings (SSSR count). The summed E-state index contributed by atoms with van der Waals surface area (Å²) >= 11 is 0. The molecule has 1 heteroatoms. The first-order chi connectivity index (χ1) is 10.2. The van der Waals surface area contributed by atoms with Crippen LogP contribution in [-0.2, 0) is 0 Å². The van der Waals surface area contributed by atoms with E-state index in [9.17, 15) is 0 Å². The van der Waals surface area contributed by atoms with Gasteiger partial charge >= 0.3 is 0 Å². The summed E-state index contributed by atoms with van der Waals surface area (Å²) in [4.78, 5) is 0. The van der Waals surface area contributed by atoms with Crippen LogP contribution in [0.2, 0.25) is 0 Å². The highest BCUT2D eigenvalue weighted by Crippen LogP contribution is 2.45. The minimum absolute atomic E-state index is 0.249. The Kier molecular flexibility index (Phi) is 3.18. The molecule has 0 spiro atoms. The van der Waals surface area contributed by atoms with Gasteiger partial charge in [-0.25, -0.2) is 0 Å². The minimum atomic E-state index is -0.249. The van der Waals surface area contributed by atoms with Gasteiger partial charge in [0.15, 0.2) is 0 Å². The summed E-state index contributed by atoms with van der Waals surface area (Å²) in [6.07, 6.45) is 4.40. The van der Waals surface area contributed by atoms with Crippen molar-refractivity contribution < 1.29 is 4.74 Å². The Hall–Kier alpha value is -1.76. The molecule has 22 heavy (non-hydrogen) atoms. The van der Waals surface area contributed by atoms with Gasteiger partial charge in [0.1, 0.15) is 11.4 Å². The van der Waals surface area contributed by atoms with Gasteiger partial charge in [-0.05, 0) is 100 Å². The van der Waals surface area contributed by atoms with Crippen molar-refractivity contribution in [1.82, 2.24) is 0 Å². The van der Waals surface area contributed by atoms with Crippen molar-refractivity contribution in [2.24, 2.45) is 0 Å². The summed E-state index contributed by atoms with van der Waals surface area (Å²) in [7, 11) is 0. The lowest BCUT2D eigenvalue weighted by Gasteiger charge is -2.32. The van der Waals surface area contributed by atoms with E-state index in [-0.39, 0.29) is 5.60 Å². The van der Waals surface area contributed by atoms with Crippen molar-refractivity contribution >= 4 is 16.8 Å². The molecule has 116 valence electrons. The number of hydrogen-bond donors (Lipinski definition) is 0. The Balaban J connectivity index is 2.59. The standard InChI is InChI=1S/C21H26O/c1-11-12(2)15(5)19-18(14(11)4)16(6)13(3)17-9-10-21(7,8)22-20(17)19/h9-10H,1-8H3. The summed E-state index contributed by atoms with van der Waals surface area (Å²) < 4.78 is 6.41. The number of aryl methyl sites for hydroxylation is 3. The Labute approximate surface area is 134 Å². The molecule has 0 radical (unpaired) electrons. The number of fused-ring (bicyclic) bond motifs is 3. The van der Waals surface area contributed by atoms with Gasteiger partial charge in [-0.1, -0.05) is 6.08 Å². The molecule has 0 amide bonds. The topological polar surface area (TPSA) is 9.23 Å². The Morgan fingerprint density at radius 1 is 0.682 bits per heavy atom. The molecule has 2 aromatic carbocycles. The second-order valence-corrected chi connectivity index (χ2v) is 7.28. The van der Waals surface area contributed by atoms with E-state index in [4.69, 9.17) is 4.74 Å². The van der Waals surface area contributed by atoms with Gasteiger partial charge < -0.3 is 4.74 Å². The second kappa shape index (κ2) is 4.62. The molecule has 0 saturated heterocycles. The van der Waals surface area contributed by atoms with Crippen molar-refractivity contribution in [2.45, 2.75) is 61.0 Å². The van der Waals surface area contributed by atoms with Crippen LogP contribution in [0.1, 0.15) is 52.8 Å². The molecular formula is C21H26O. The van der Waals surface area contributed by atoms with Gasteiger partial charge in [-0.15, -0.1) is 0 Å². The van der Waals surface area contributed by atoms with Gasteiger partial charge in [0, 0.05) is 10.9 Å². The highest BCUT2D eigenvalue weighted by molar-refractivity contribution is 6.01. The zero-order chi connectivity index (χ0) is 16.4. The zero-order valence-electron chi connectivity index (χ0n) is 15.1. The molecule has 1 aliphatic rings. The number of benzene rings is 2. The average molecular weight is 294 g/mol. The minimum Gasteiger partial charge on any atom is -0.482 e. The molecule has 1 aliphatic heterocycles. The zero-order valence-corrected chi connectivity index (χ0v) is 15.1. The van der Waals surface area contributed by atoms with Crippen LogP contribution in [0.3, 0.4) is 0 Å². The van der Waals surface area contributed by atoms with Crippen molar-refractivity contribution in [2.75, 3.05) is 0 Å². The summed E-state index contributed by atoms with van der Waals surface area (Å²) in [6.45, 7) is 17.6. The molecule has 1 heterocycles. The molecule has 0 N–H and O–H groups in total. The number of rotatable bonds is 0. The van der Waals surface area contributed by atoms with E-state index in [1.54, 1.807) is 0 Å². The molecular weight excluding hydrogens is 268 g/mol. The van der Waals surface area contributed by atoms with E-state index >= 15 is 0 Å². The molecule has 0 aliphatic carbocycles. The van der Waals surface area contributed by atoms with Gasteiger partial charge in [0.2, 0.25) is 0 Å². The summed E-state index contributed by atoms with van der Waals surface area (Å²) in [5, 5.41) is 2.68. The monoisotopic (exact) mass is 294 g/mol. The van der Waals surface area contributed by atoms with Crippen LogP contribution < -0.4 is 4.74 Å². The molecule has 0 bridgehead atoms. The fraction of sp³-hybridized carbons (Fsp3) is 0.429. The van der Waals surface area contributed by atoms with Gasteiger partial charge in [-0.3, -0.25) is 0 Å². The lowest BCUT2D eigenvalue weighted by atomic mass is 9.84. The fourth-order valence-corrected chi connectivity index (χ4v) is 3.65. The van der Waals surface area contributed by atoms with Gasteiger partial charge in [-0.2, -0.15) is 0 Å². The van der Waals surface area contributed by atoms with Gasteiger partial charge in [0.05, 0.1) is 0 Å². The lowest BCUT2D eigenvalue weighted by molar-refractivity contribution is 0.161. The van der Waals surface area contributed by atoms with Crippen molar-refractivity contribution in [3.63, 3.8) is 0 Å². The first-order valence-electron chi connectivity index (χ1n) is 8.07. The van der Waals surface area contributed by atoms with E-state index in [1.807, 2.05) is 0 Å². The van der Waals surface area contributed by atoms with Gasteiger partial charge in [0.25, 0.3) is 0 Å². The van der Waals surface area contributed by atoms with E-state index in [0.717, 1.165) is 5.75 Å². The van der Waals surface area contributed by atoms with E-state index in [2.05, 4.69) is 67.5 Å². The SMILES string of the molecule is Cc1c(C)c(C)c2c3c(c(C)c(C)c2c1C)C=CC(C)(C)O3. The molecule has 1 nitrogen and oxygen atoms in total. The largest absolute Gasteiger partial charge is 0.482 e. The smallest absolute Gasteiger partial charge is 0.136 e. The molecule has 0 fully saturated rings. The van der Waals surface area contributed by atoms with Crippen LogP contribution in [0, 0.1) is 41.5 Å². The van der Waals surface area contributed by atoms with E-state index in [0.29, 0.717) is 0 Å². The molecule has 0 unspecified atom stereocenters. The van der Waals surface area contributed by atoms with Crippen molar-refractivity contribution in [1.29, 1.82) is 0 Å². The van der Waals surface area contributed by atoms with Crippen LogP contribution in [0.5, 0.6) is 5.75 Å². The van der Waals surface area contributed by atoms with E-state index in [1.165, 1.54) is 49.7 Å². The normalized spacial score (nSPS) is 15.8. The molecule has 0 aromatic heterocycles. The summed E-state index contributed by atoms with van der Waals surface area (Å²) in [5.74, 6) is 1.06. The second-order valence-electron chi connectivity index (χ2n) is 7.28. The third-order valence-corrected chi connectivity index (χ3v) is 5.52. The van der Waals surface area contributed by atoms with Crippen molar-refractivity contribution in [3.05, 3.63) is 45.0 Å². The predicted octanol–water partition coefficient (Wildman–Crippen LogP) is 5.87. The Morgan fingerprint density at radius 2 is 1.18 bits per heavy atom. The first-order valence-corrected chi connectivity index (χ1v) is 8.07. The highest BCUT2D eigenvalue weighted by Gasteiger charge is 2.27. The van der Waals surface area contributed by atoms with Crippen LogP contribution in [-0.4, -0.2) is 5.60 Å². The van der Waals surface area contributed by atoms with Crippen LogP contribution in [0.25, 0.3) is 16.8 Å². The summed E-state index contributed by atoms with van der Waals surface area (Å²) in [5.41, 5.74) is 9.23. The summed E-state index contributed by atoms with van der Waals surface area (Å²) in [6, 6.07) is 0. The van der Waals surface area contributed by atoms with Crippen LogP contribution in [0.15, 0.2) is 6.08 Å². The van der Waals surface area contributed by atoms with Crippen LogP contribution in [0.4, 0.5) is 0 Å². The molecule has 0 saturated carbocycles. The lowest BCUT2D eigenvalue weighted by Crippen LogP contribution is -2.28. The van der Waals surface area contributed by atoms with Crippen LogP contribution >= 0.6 is 0 Å². The van der Waals surface area contributed by atoms with Crippen molar-refractivity contribution in [3.8, 4) is 5.75 Å². The number of hydrogen-bond acceptors (Lipinski definition) is 1.